The SMILES string of the molecule is CCOC(=O)C=C(C(=O)Nc1ccccc1)N(C(C)C)C(C)C. The first-order valence-electron chi connectivity index (χ1n) is 7.90. The number of hydrogen-bond donors (Lipinski definition) is 1. The van der Waals surface area contributed by atoms with E-state index in [2.05, 4.69) is 5.32 Å². The molecule has 23 heavy (non-hydrogen) atoms. The van der Waals surface area contributed by atoms with Crippen molar-refractivity contribution in [1.29, 1.82) is 0 Å². The molecule has 1 aromatic rings. The van der Waals surface area contributed by atoms with Crippen molar-refractivity contribution in [3.05, 3.63) is 42.1 Å². The molecular formula is C18H26N2O3. The number of carbonyl (C=O) groups excluding carboxylic acids is 2. The zero-order valence-corrected chi connectivity index (χ0v) is 14.5. The Kier molecular flexibility index (Phi) is 7.32. The molecule has 5 nitrogen and oxygen atoms in total. The monoisotopic (exact) mass is 318 g/mol. The molecule has 0 unspecified atom stereocenters. The molecule has 1 amide bonds. The van der Waals surface area contributed by atoms with E-state index < -0.39 is 5.97 Å². The van der Waals surface area contributed by atoms with Crippen molar-refractivity contribution < 1.29 is 14.3 Å². The molecule has 0 spiro atoms. The van der Waals surface area contributed by atoms with E-state index in [1.165, 1.54) is 6.08 Å². The van der Waals surface area contributed by atoms with Crippen LogP contribution in [-0.2, 0) is 14.3 Å². The van der Waals surface area contributed by atoms with E-state index in [1.54, 1.807) is 19.1 Å². The number of anilines is 1. The minimum atomic E-state index is -0.517. The van der Waals surface area contributed by atoms with Gasteiger partial charge in [-0.15, -0.1) is 0 Å². The average Bonchev–Trinajstić information content (AvgIpc) is 2.47. The van der Waals surface area contributed by atoms with Crippen LogP contribution in [0, 0.1) is 0 Å². The van der Waals surface area contributed by atoms with Gasteiger partial charge < -0.3 is 15.0 Å². The molecule has 0 aliphatic heterocycles. The number of para-hydroxylation sites is 1. The fourth-order valence-electron chi connectivity index (χ4n) is 2.42. The summed E-state index contributed by atoms with van der Waals surface area (Å²) in [4.78, 5) is 26.4. The first kappa shape index (κ1) is 18.7. The number of ether oxygens (including phenoxy) is 1. The van der Waals surface area contributed by atoms with E-state index in [1.807, 2.05) is 50.8 Å². The van der Waals surface area contributed by atoms with Crippen LogP contribution in [0.25, 0.3) is 0 Å². The van der Waals surface area contributed by atoms with Gasteiger partial charge in [0.1, 0.15) is 5.70 Å². The lowest BCUT2D eigenvalue weighted by atomic mass is 10.1. The number of nitrogens with zero attached hydrogens (tertiary/aromatic N) is 1. The van der Waals surface area contributed by atoms with Gasteiger partial charge in [0.2, 0.25) is 0 Å². The topological polar surface area (TPSA) is 58.6 Å². The van der Waals surface area contributed by atoms with Crippen molar-refractivity contribution in [2.45, 2.75) is 46.7 Å². The molecule has 0 aromatic heterocycles. The van der Waals surface area contributed by atoms with Gasteiger partial charge in [-0.05, 0) is 46.8 Å². The summed E-state index contributed by atoms with van der Waals surface area (Å²) in [5, 5.41) is 2.82. The van der Waals surface area contributed by atoms with Gasteiger partial charge in [-0.25, -0.2) is 4.79 Å². The highest BCUT2D eigenvalue weighted by atomic mass is 16.5. The third-order valence-corrected chi connectivity index (χ3v) is 3.20. The quantitative estimate of drug-likeness (QED) is 0.619. The van der Waals surface area contributed by atoms with Crippen LogP contribution in [0.3, 0.4) is 0 Å². The highest BCUT2D eigenvalue weighted by molar-refractivity contribution is 6.06. The Morgan fingerprint density at radius 1 is 1.13 bits per heavy atom. The molecule has 0 fully saturated rings. The van der Waals surface area contributed by atoms with Gasteiger partial charge in [-0.1, -0.05) is 18.2 Å². The van der Waals surface area contributed by atoms with Crippen molar-refractivity contribution in [2.24, 2.45) is 0 Å². The van der Waals surface area contributed by atoms with Gasteiger partial charge in [0.25, 0.3) is 5.91 Å². The van der Waals surface area contributed by atoms with E-state index in [9.17, 15) is 9.59 Å². The van der Waals surface area contributed by atoms with Crippen molar-refractivity contribution >= 4 is 17.6 Å². The Labute approximate surface area is 138 Å². The van der Waals surface area contributed by atoms with Crippen LogP contribution < -0.4 is 5.32 Å². The third kappa shape index (κ3) is 5.77. The van der Waals surface area contributed by atoms with Crippen LogP contribution >= 0.6 is 0 Å². The fraction of sp³-hybridized carbons (Fsp3) is 0.444. The first-order valence-corrected chi connectivity index (χ1v) is 7.90. The van der Waals surface area contributed by atoms with Gasteiger partial charge in [-0.2, -0.15) is 0 Å². The average molecular weight is 318 g/mol. The molecule has 0 atom stereocenters. The Morgan fingerprint density at radius 2 is 1.70 bits per heavy atom. The van der Waals surface area contributed by atoms with Crippen LogP contribution in [0.4, 0.5) is 5.69 Å². The lowest BCUT2D eigenvalue weighted by Gasteiger charge is -2.34. The summed E-state index contributed by atoms with van der Waals surface area (Å²) in [7, 11) is 0. The summed E-state index contributed by atoms with van der Waals surface area (Å²) >= 11 is 0. The van der Waals surface area contributed by atoms with Crippen molar-refractivity contribution in [3.8, 4) is 0 Å². The molecule has 0 saturated carbocycles. The van der Waals surface area contributed by atoms with Crippen LogP contribution in [0.1, 0.15) is 34.6 Å². The van der Waals surface area contributed by atoms with Crippen LogP contribution in [-0.4, -0.2) is 35.5 Å². The number of nitrogens with one attached hydrogen (secondary N) is 1. The number of rotatable bonds is 7. The molecule has 0 saturated heterocycles. The Balaban J connectivity index is 3.12. The van der Waals surface area contributed by atoms with Gasteiger partial charge in [0, 0.05) is 17.8 Å². The smallest absolute Gasteiger partial charge is 0.333 e. The molecule has 0 aliphatic rings. The summed E-state index contributed by atoms with van der Waals surface area (Å²) < 4.78 is 4.96. The van der Waals surface area contributed by atoms with E-state index in [4.69, 9.17) is 4.74 Å². The van der Waals surface area contributed by atoms with Crippen molar-refractivity contribution in [2.75, 3.05) is 11.9 Å². The molecule has 5 heteroatoms. The molecule has 0 aliphatic carbocycles. The summed E-state index contributed by atoms with van der Waals surface area (Å²) in [6.07, 6.45) is 1.27. The lowest BCUT2D eigenvalue weighted by molar-refractivity contribution is -0.137. The second kappa shape index (κ2) is 8.98. The van der Waals surface area contributed by atoms with E-state index in [0.717, 1.165) is 0 Å². The Bertz CT molecular complexity index is 543. The normalized spacial score (nSPS) is 11.5. The lowest BCUT2D eigenvalue weighted by Crippen LogP contribution is -2.41. The summed E-state index contributed by atoms with van der Waals surface area (Å²) in [5.74, 6) is -0.844. The molecule has 126 valence electrons. The maximum absolute atomic E-state index is 12.7. The number of hydrogen-bond acceptors (Lipinski definition) is 4. The largest absolute Gasteiger partial charge is 0.463 e. The molecule has 1 aromatic carbocycles. The predicted octanol–water partition coefficient (Wildman–Crippen LogP) is 3.19. The molecule has 0 heterocycles. The molecule has 1 rings (SSSR count). The van der Waals surface area contributed by atoms with Gasteiger partial charge in [0.15, 0.2) is 0 Å². The molecular weight excluding hydrogens is 292 g/mol. The van der Waals surface area contributed by atoms with Crippen molar-refractivity contribution in [3.63, 3.8) is 0 Å². The number of benzene rings is 1. The number of esters is 1. The van der Waals surface area contributed by atoms with Crippen LogP contribution in [0.5, 0.6) is 0 Å². The molecule has 1 N–H and O–H groups in total. The highest BCUT2D eigenvalue weighted by Gasteiger charge is 2.24. The fourth-order valence-corrected chi connectivity index (χ4v) is 2.42. The third-order valence-electron chi connectivity index (χ3n) is 3.20. The van der Waals surface area contributed by atoms with E-state index >= 15 is 0 Å². The van der Waals surface area contributed by atoms with Gasteiger partial charge in [0.05, 0.1) is 12.7 Å². The first-order chi connectivity index (χ1) is 10.9. The van der Waals surface area contributed by atoms with E-state index in [0.29, 0.717) is 11.4 Å². The zero-order valence-electron chi connectivity index (χ0n) is 14.5. The summed E-state index contributed by atoms with van der Waals surface area (Å²) in [6.45, 7) is 9.93. The number of amides is 1. The molecule has 0 radical (unpaired) electrons. The van der Waals surface area contributed by atoms with Gasteiger partial charge >= 0.3 is 5.97 Å². The standard InChI is InChI=1S/C18H26N2O3/c1-6-23-17(21)12-16(20(13(2)3)14(4)5)18(22)19-15-10-8-7-9-11-15/h7-14H,6H2,1-5H3,(H,19,22). The van der Waals surface area contributed by atoms with Gasteiger partial charge in [-0.3, -0.25) is 4.79 Å². The maximum atomic E-state index is 12.7. The summed E-state index contributed by atoms with van der Waals surface area (Å²) in [6, 6.07) is 9.29. The maximum Gasteiger partial charge on any atom is 0.333 e. The number of carbonyl (C=O) groups is 2. The summed E-state index contributed by atoms with van der Waals surface area (Å²) in [5.41, 5.74) is 0.983. The second-order valence-corrected chi connectivity index (χ2v) is 5.70. The Hall–Kier alpha value is -2.30. The minimum Gasteiger partial charge on any atom is -0.463 e. The zero-order chi connectivity index (χ0) is 17.4. The molecule has 0 bridgehead atoms. The van der Waals surface area contributed by atoms with Crippen molar-refractivity contribution in [1.82, 2.24) is 4.90 Å². The minimum absolute atomic E-state index is 0.0669. The predicted molar refractivity (Wildman–Crippen MR) is 91.9 cm³/mol. The highest BCUT2D eigenvalue weighted by Crippen LogP contribution is 2.17. The Morgan fingerprint density at radius 3 is 2.17 bits per heavy atom. The second-order valence-electron chi connectivity index (χ2n) is 5.70. The van der Waals surface area contributed by atoms with Crippen LogP contribution in [0.15, 0.2) is 42.1 Å². The van der Waals surface area contributed by atoms with Crippen LogP contribution in [0.2, 0.25) is 0 Å². The van der Waals surface area contributed by atoms with E-state index in [-0.39, 0.29) is 24.6 Å².